The quantitative estimate of drug-likeness (QED) is 0.193. The van der Waals surface area contributed by atoms with Crippen LogP contribution in [0.3, 0.4) is 0 Å². The average Bonchev–Trinajstić information content (AvgIpc) is 3.48. The molecule has 178 valence electrons. The van der Waals surface area contributed by atoms with Gasteiger partial charge >= 0.3 is 0 Å². The normalized spacial score (nSPS) is 15.9. The summed E-state index contributed by atoms with van der Waals surface area (Å²) in [6.07, 6.45) is 4.74. The molecule has 1 aliphatic rings. The zero-order valence-electron chi connectivity index (χ0n) is 18.8. The van der Waals surface area contributed by atoms with E-state index >= 15 is 0 Å². The summed E-state index contributed by atoms with van der Waals surface area (Å²) >= 11 is 1.18. The van der Waals surface area contributed by atoms with Crippen molar-refractivity contribution in [2.24, 2.45) is 10.2 Å². The lowest BCUT2D eigenvalue weighted by molar-refractivity contribution is -0.384. The van der Waals surface area contributed by atoms with Crippen LogP contribution in [0.4, 0.5) is 5.69 Å². The minimum atomic E-state index is -0.472. The third-order valence-corrected chi connectivity index (χ3v) is 5.94. The van der Waals surface area contributed by atoms with Gasteiger partial charge in [0.1, 0.15) is 5.76 Å². The summed E-state index contributed by atoms with van der Waals surface area (Å²) in [6.45, 7) is 0.188. The van der Waals surface area contributed by atoms with E-state index in [2.05, 4.69) is 10.2 Å². The van der Waals surface area contributed by atoms with Gasteiger partial charge in [-0.1, -0.05) is 6.07 Å². The van der Waals surface area contributed by atoms with E-state index in [9.17, 15) is 14.9 Å². The Morgan fingerprint density at radius 2 is 1.83 bits per heavy atom. The fourth-order valence-corrected chi connectivity index (χ4v) is 4.14. The summed E-state index contributed by atoms with van der Waals surface area (Å²) in [5.41, 5.74) is 1.38. The number of amidine groups is 1. The first-order chi connectivity index (χ1) is 17.0. The number of carbonyl (C=O) groups is 1. The van der Waals surface area contributed by atoms with Crippen molar-refractivity contribution in [3.63, 3.8) is 0 Å². The maximum Gasteiger partial charge on any atom is 0.269 e. The van der Waals surface area contributed by atoms with Crippen LogP contribution in [0.15, 0.2) is 80.4 Å². The van der Waals surface area contributed by atoms with Crippen molar-refractivity contribution in [3.05, 3.63) is 92.8 Å². The van der Waals surface area contributed by atoms with Crippen molar-refractivity contribution in [2.75, 3.05) is 14.2 Å². The van der Waals surface area contributed by atoms with Crippen molar-refractivity contribution < 1.29 is 23.6 Å². The van der Waals surface area contributed by atoms with Gasteiger partial charge in [-0.25, -0.2) is 0 Å². The SMILES string of the molecule is COc1ccc(/C=C2\S/C(=N/N=C\c3ccc([N+](=O)[O-])cc3)N(Cc3ccco3)C2=O)cc1OC. The number of nitro benzene ring substituents is 1. The molecule has 0 saturated carbocycles. The highest BCUT2D eigenvalue weighted by Crippen LogP contribution is 2.35. The Labute approximate surface area is 204 Å². The molecular formula is C24H20N4O6S. The summed E-state index contributed by atoms with van der Waals surface area (Å²) in [5, 5.41) is 19.5. The van der Waals surface area contributed by atoms with Crippen LogP contribution in [0, 0.1) is 10.1 Å². The van der Waals surface area contributed by atoms with Gasteiger partial charge < -0.3 is 13.9 Å². The second-order valence-corrected chi connectivity index (χ2v) is 8.18. The number of nitro groups is 1. The summed E-state index contributed by atoms with van der Waals surface area (Å²) in [6, 6.07) is 14.8. The van der Waals surface area contributed by atoms with Gasteiger partial charge in [-0.05, 0) is 65.4 Å². The third kappa shape index (κ3) is 5.58. The lowest BCUT2D eigenvalue weighted by Gasteiger charge is -2.12. The highest BCUT2D eigenvalue weighted by atomic mass is 32.2. The summed E-state index contributed by atoms with van der Waals surface area (Å²) in [5.74, 6) is 1.48. The smallest absolute Gasteiger partial charge is 0.269 e. The molecule has 0 atom stereocenters. The van der Waals surface area contributed by atoms with Gasteiger partial charge in [0.15, 0.2) is 16.7 Å². The molecule has 0 radical (unpaired) electrons. The monoisotopic (exact) mass is 492 g/mol. The number of thioether (sulfide) groups is 1. The van der Waals surface area contributed by atoms with Crippen molar-refractivity contribution in [2.45, 2.75) is 6.54 Å². The molecule has 11 heteroatoms. The number of benzene rings is 2. The highest BCUT2D eigenvalue weighted by molar-refractivity contribution is 8.18. The molecule has 1 amide bonds. The molecule has 0 bridgehead atoms. The molecule has 0 spiro atoms. The van der Waals surface area contributed by atoms with Crippen LogP contribution >= 0.6 is 11.8 Å². The first-order valence-electron chi connectivity index (χ1n) is 10.3. The second-order valence-electron chi connectivity index (χ2n) is 7.17. The van der Waals surface area contributed by atoms with E-state index in [0.717, 1.165) is 5.56 Å². The Bertz CT molecular complexity index is 1320. The second kappa shape index (κ2) is 10.7. The van der Waals surface area contributed by atoms with Crippen molar-refractivity contribution in [1.29, 1.82) is 0 Å². The van der Waals surface area contributed by atoms with E-state index < -0.39 is 4.92 Å². The molecule has 1 saturated heterocycles. The van der Waals surface area contributed by atoms with Crippen molar-refractivity contribution >= 4 is 40.8 Å². The van der Waals surface area contributed by atoms with Gasteiger partial charge in [0.05, 0.1) is 43.1 Å². The van der Waals surface area contributed by atoms with Gasteiger partial charge in [0.25, 0.3) is 11.6 Å². The minimum absolute atomic E-state index is 0.0139. The predicted octanol–water partition coefficient (Wildman–Crippen LogP) is 4.71. The molecule has 1 aliphatic heterocycles. The van der Waals surface area contributed by atoms with E-state index in [1.807, 2.05) is 6.07 Å². The maximum atomic E-state index is 13.2. The van der Waals surface area contributed by atoms with Crippen LogP contribution in [-0.4, -0.2) is 41.3 Å². The molecule has 2 aromatic carbocycles. The number of amides is 1. The van der Waals surface area contributed by atoms with Crippen LogP contribution in [0.5, 0.6) is 11.5 Å². The number of ether oxygens (including phenoxy) is 2. The first-order valence-corrected chi connectivity index (χ1v) is 11.1. The molecule has 0 unspecified atom stereocenters. The lowest BCUT2D eigenvalue weighted by Crippen LogP contribution is -2.28. The van der Waals surface area contributed by atoms with Gasteiger partial charge in [-0.3, -0.25) is 19.8 Å². The summed E-state index contributed by atoms with van der Waals surface area (Å²) in [7, 11) is 3.10. The Morgan fingerprint density at radius 1 is 1.09 bits per heavy atom. The number of hydrogen-bond donors (Lipinski definition) is 0. The number of non-ortho nitro benzene ring substituents is 1. The highest BCUT2D eigenvalue weighted by Gasteiger charge is 2.34. The molecule has 35 heavy (non-hydrogen) atoms. The standard InChI is InChI=1S/C24H20N4O6S/c1-32-20-10-7-17(12-21(20)33-2)13-22-23(29)27(15-19-4-3-11-34-19)24(35-22)26-25-14-16-5-8-18(9-6-16)28(30)31/h3-14H,15H2,1-2H3/b22-13-,25-14-,26-24+. The molecule has 0 N–H and O–H groups in total. The van der Waals surface area contributed by atoms with Crippen LogP contribution in [0.2, 0.25) is 0 Å². The number of rotatable bonds is 8. The van der Waals surface area contributed by atoms with E-state index in [-0.39, 0.29) is 18.1 Å². The van der Waals surface area contributed by atoms with Crippen LogP contribution in [0.1, 0.15) is 16.9 Å². The Hall–Kier alpha value is -4.38. The molecule has 10 nitrogen and oxygen atoms in total. The van der Waals surface area contributed by atoms with Crippen molar-refractivity contribution in [1.82, 2.24) is 4.90 Å². The van der Waals surface area contributed by atoms with Crippen LogP contribution in [0.25, 0.3) is 6.08 Å². The molecule has 1 aromatic heterocycles. The van der Waals surface area contributed by atoms with E-state index in [1.54, 1.807) is 56.7 Å². The Balaban J connectivity index is 1.61. The Morgan fingerprint density at radius 3 is 2.49 bits per heavy atom. The van der Waals surface area contributed by atoms with Crippen LogP contribution in [-0.2, 0) is 11.3 Å². The zero-order chi connectivity index (χ0) is 24.8. The lowest BCUT2D eigenvalue weighted by atomic mass is 10.2. The molecule has 3 aromatic rings. The molecule has 4 rings (SSSR count). The maximum absolute atomic E-state index is 13.2. The van der Waals surface area contributed by atoms with E-state index in [1.165, 1.54) is 41.3 Å². The molecule has 2 heterocycles. The number of methoxy groups -OCH3 is 2. The minimum Gasteiger partial charge on any atom is -0.493 e. The molecular weight excluding hydrogens is 472 g/mol. The fourth-order valence-electron chi connectivity index (χ4n) is 3.20. The molecule has 0 aliphatic carbocycles. The first kappa shape index (κ1) is 23.8. The zero-order valence-corrected chi connectivity index (χ0v) is 19.6. The van der Waals surface area contributed by atoms with Gasteiger partial charge in [0, 0.05) is 12.1 Å². The summed E-state index contributed by atoms with van der Waals surface area (Å²) in [4.78, 5) is 25.5. The number of furan rings is 1. The summed E-state index contributed by atoms with van der Waals surface area (Å²) < 4.78 is 16.0. The van der Waals surface area contributed by atoms with Crippen molar-refractivity contribution in [3.8, 4) is 11.5 Å². The van der Waals surface area contributed by atoms with E-state index in [4.69, 9.17) is 13.9 Å². The van der Waals surface area contributed by atoms with Gasteiger partial charge in [0.2, 0.25) is 0 Å². The Kier molecular flexibility index (Phi) is 7.27. The number of nitrogens with zero attached hydrogens (tertiary/aromatic N) is 4. The average molecular weight is 493 g/mol. The number of carbonyl (C=O) groups excluding carboxylic acids is 1. The topological polar surface area (TPSA) is 120 Å². The third-order valence-electron chi connectivity index (χ3n) is 4.94. The largest absolute Gasteiger partial charge is 0.493 e. The molecule has 1 fully saturated rings. The van der Waals surface area contributed by atoms with Gasteiger partial charge in [-0.2, -0.15) is 5.10 Å². The van der Waals surface area contributed by atoms with Gasteiger partial charge in [-0.15, -0.1) is 5.10 Å². The fraction of sp³-hybridized carbons (Fsp3) is 0.125. The predicted molar refractivity (Wildman–Crippen MR) is 132 cm³/mol. The van der Waals surface area contributed by atoms with Crippen LogP contribution < -0.4 is 9.47 Å². The number of hydrogen-bond acceptors (Lipinski definition) is 9. The van der Waals surface area contributed by atoms with E-state index in [0.29, 0.717) is 32.9 Å².